The van der Waals surface area contributed by atoms with Gasteiger partial charge in [0.15, 0.2) is 6.61 Å². The number of aliphatic carboxylic acids is 1. The molecule has 0 saturated carbocycles. The van der Waals surface area contributed by atoms with Gasteiger partial charge < -0.3 is 15.2 Å². The van der Waals surface area contributed by atoms with Gasteiger partial charge in [-0.1, -0.05) is 6.07 Å². The molecule has 108 valence electrons. The van der Waals surface area contributed by atoms with Crippen molar-refractivity contribution in [2.75, 3.05) is 11.9 Å². The summed E-state index contributed by atoms with van der Waals surface area (Å²) in [6, 6.07) is 2.91. The number of carbonyl (C=O) groups excluding carboxylic acids is 1. The Morgan fingerprint density at radius 1 is 1.50 bits per heavy atom. The lowest BCUT2D eigenvalue weighted by molar-refractivity contribution is -0.138. The molecular formula is C11H12N2O6S. The van der Waals surface area contributed by atoms with E-state index in [1.165, 1.54) is 25.1 Å². The van der Waals surface area contributed by atoms with Gasteiger partial charge in [0, 0.05) is 0 Å². The van der Waals surface area contributed by atoms with Crippen LogP contribution in [0.3, 0.4) is 0 Å². The third kappa shape index (κ3) is 2.73. The Hall–Kier alpha value is -2.13. The van der Waals surface area contributed by atoms with Crippen molar-refractivity contribution in [1.82, 2.24) is 4.72 Å². The molecule has 0 saturated heterocycles. The number of amides is 1. The van der Waals surface area contributed by atoms with E-state index in [0.717, 1.165) is 0 Å². The first kappa shape index (κ1) is 14.3. The van der Waals surface area contributed by atoms with Crippen LogP contribution in [-0.4, -0.2) is 38.0 Å². The number of sulfonamides is 1. The number of nitrogens with one attached hydrogen (secondary N) is 2. The molecule has 3 N–H and O–H groups in total. The van der Waals surface area contributed by atoms with Gasteiger partial charge in [-0.3, -0.25) is 9.59 Å². The van der Waals surface area contributed by atoms with Gasteiger partial charge in [-0.15, -0.1) is 0 Å². The Balaban J connectivity index is 2.42. The lowest BCUT2D eigenvalue weighted by atomic mass is 10.2. The summed E-state index contributed by atoms with van der Waals surface area (Å²) in [5.74, 6) is -1.57. The van der Waals surface area contributed by atoms with E-state index in [4.69, 9.17) is 9.84 Å². The lowest BCUT2D eigenvalue weighted by Gasteiger charge is -2.21. The van der Waals surface area contributed by atoms with Crippen LogP contribution in [0.4, 0.5) is 5.69 Å². The number of carbonyl (C=O) groups is 2. The van der Waals surface area contributed by atoms with Gasteiger partial charge >= 0.3 is 5.97 Å². The van der Waals surface area contributed by atoms with Gasteiger partial charge in [0.05, 0.1) is 0 Å². The number of para-hydroxylation sites is 1. The van der Waals surface area contributed by atoms with Crippen LogP contribution in [-0.2, 0) is 19.6 Å². The Kier molecular flexibility index (Phi) is 3.64. The first-order chi connectivity index (χ1) is 9.31. The number of ether oxygens (including phenoxy) is 1. The summed E-state index contributed by atoms with van der Waals surface area (Å²) in [4.78, 5) is 21.8. The molecule has 0 fully saturated rings. The molecule has 0 aliphatic carbocycles. The van der Waals surface area contributed by atoms with Gasteiger partial charge in [-0.25, -0.2) is 8.42 Å². The number of fused-ring (bicyclic) bond motifs is 1. The van der Waals surface area contributed by atoms with Gasteiger partial charge in [-0.05, 0) is 19.1 Å². The predicted octanol–water partition coefficient (Wildman–Crippen LogP) is -0.231. The van der Waals surface area contributed by atoms with E-state index in [2.05, 4.69) is 5.32 Å². The van der Waals surface area contributed by atoms with Gasteiger partial charge in [-0.2, -0.15) is 4.72 Å². The third-order valence-electron chi connectivity index (χ3n) is 2.60. The molecule has 20 heavy (non-hydrogen) atoms. The van der Waals surface area contributed by atoms with Crippen molar-refractivity contribution in [2.24, 2.45) is 0 Å². The summed E-state index contributed by atoms with van der Waals surface area (Å²) in [7, 11) is -4.09. The zero-order chi connectivity index (χ0) is 14.9. The SMILES string of the molecule is C[C@H](NS(=O)(=O)c1cccc2c1NC(=O)CO2)C(=O)O. The quantitative estimate of drug-likeness (QED) is 0.706. The minimum Gasteiger partial charge on any atom is -0.482 e. The molecule has 2 rings (SSSR count). The molecular weight excluding hydrogens is 288 g/mol. The van der Waals surface area contributed by atoms with Gasteiger partial charge in [0.1, 0.15) is 22.4 Å². The van der Waals surface area contributed by atoms with Crippen molar-refractivity contribution in [3.05, 3.63) is 18.2 Å². The molecule has 1 aromatic rings. The molecule has 1 aliphatic rings. The largest absolute Gasteiger partial charge is 0.482 e. The number of carboxylic acid groups (broad SMARTS) is 1. The molecule has 1 atom stereocenters. The van der Waals surface area contributed by atoms with E-state index in [0.29, 0.717) is 0 Å². The Morgan fingerprint density at radius 3 is 2.85 bits per heavy atom. The van der Waals surface area contributed by atoms with Crippen molar-refractivity contribution in [3.63, 3.8) is 0 Å². The number of hydrogen-bond donors (Lipinski definition) is 3. The summed E-state index contributed by atoms with van der Waals surface area (Å²) in [6.07, 6.45) is 0. The summed E-state index contributed by atoms with van der Waals surface area (Å²) in [5, 5.41) is 11.2. The monoisotopic (exact) mass is 300 g/mol. The maximum Gasteiger partial charge on any atom is 0.321 e. The molecule has 9 heteroatoms. The van der Waals surface area contributed by atoms with E-state index in [9.17, 15) is 18.0 Å². The highest BCUT2D eigenvalue weighted by Crippen LogP contribution is 2.33. The zero-order valence-corrected chi connectivity index (χ0v) is 11.2. The Bertz CT molecular complexity index is 669. The normalized spacial score (nSPS) is 15.8. The van der Waals surface area contributed by atoms with Crippen molar-refractivity contribution < 1.29 is 27.9 Å². The van der Waals surface area contributed by atoms with E-state index in [1.54, 1.807) is 0 Å². The van der Waals surface area contributed by atoms with Crippen molar-refractivity contribution in [3.8, 4) is 5.75 Å². The molecule has 0 aromatic heterocycles. The molecule has 0 bridgehead atoms. The second-order valence-corrected chi connectivity index (χ2v) is 5.83. The Labute approximate surface area is 114 Å². The predicted molar refractivity (Wildman–Crippen MR) is 68.0 cm³/mol. The first-order valence-corrected chi connectivity index (χ1v) is 7.10. The van der Waals surface area contributed by atoms with Crippen LogP contribution in [0.15, 0.2) is 23.1 Å². The second-order valence-electron chi connectivity index (χ2n) is 4.15. The molecule has 8 nitrogen and oxygen atoms in total. The maximum atomic E-state index is 12.1. The van der Waals surface area contributed by atoms with Crippen molar-refractivity contribution in [1.29, 1.82) is 0 Å². The van der Waals surface area contributed by atoms with Crippen LogP contribution in [0.25, 0.3) is 0 Å². The van der Waals surface area contributed by atoms with Crippen LogP contribution < -0.4 is 14.8 Å². The van der Waals surface area contributed by atoms with Crippen LogP contribution in [0.1, 0.15) is 6.92 Å². The molecule has 1 aromatic carbocycles. The average Bonchev–Trinajstić information content (AvgIpc) is 2.37. The van der Waals surface area contributed by atoms with Crippen LogP contribution in [0.2, 0.25) is 0 Å². The molecule has 0 unspecified atom stereocenters. The molecule has 1 heterocycles. The number of anilines is 1. The number of benzene rings is 1. The van der Waals surface area contributed by atoms with Gasteiger partial charge in [0.2, 0.25) is 10.0 Å². The molecule has 0 radical (unpaired) electrons. The smallest absolute Gasteiger partial charge is 0.321 e. The number of carboxylic acids is 1. The number of rotatable bonds is 4. The van der Waals surface area contributed by atoms with E-state index in [1.807, 2.05) is 4.72 Å². The maximum absolute atomic E-state index is 12.1. The van der Waals surface area contributed by atoms with Crippen LogP contribution in [0, 0.1) is 0 Å². The summed E-state index contributed by atoms with van der Waals surface area (Å²) >= 11 is 0. The zero-order valence-electron chi connectivity index (χ0n) is 10.4. The van der Waals surface area contributed by atoms with Crippen molar-refractivity contribution in [2.45, 2.75) is 17.9 Å². The van der Waals surface area contributed by atoms with E-state index < -0.39 is 27.9 Å². The van der Waals surface area contributed by atoms with Crippen LogP contribution in [0.5, 0.6) is 5.75 Å². The van der Waals surface area contributed by atoms with E-state index >= 15 is 0 Å². The summed E-state index contributed by atoms with van der Waals surface area (Å²) in [5.41, 5.74) is 0.00818. The highest BCUT2D eigenvalue weighted by atomic mass is 32.2. The highest BCUT2D eigenvalue weighted by molar-refractivity contribution is 7.89. The minimum atomic E-state index is -4.09. The topological polar surface area (TPSA) is 122 Å². The van der Waals surface area contributed by atoms with Crippen molar-refractivity contribution >= 4 is 27.6 Å². The standard InChI is InChI=1S/C11H12N2O6S/c1-6(11(15)16)13-20(17,18)8-4-2-3-7-10(8)12-9(14)5-19-7/h2-4,6,13H,5H2,1H3,(H,12,14)(H,15,16)/t6-/m0/s1. The fourth-order valence-corrected chi connectivity index (χ4v) is 3.02. The average molecular weight is 300 g/mol. The fourth-order valence-electron chi connectivity index (χ4n) is 1.64. The van der Waals surface area contributed by atoms with Crippen LogP contribution >= 0.6 is 0 Å². The fraction of sp³-hybridized carbons (Fsp3) is 0.273. The second kappa shape index (κ2) is 5.10. The highest BCUT2D eigenvalue weighted by Gasteiger charge is 2.28. The third-order valence-corrected chi connectivity index (χ3v) is 4.19. The minimum absolute atomic E-state index is 0.00818. The number of hydrogen-bond acceptors (Lipinski definition) is 5. The lowest BCUT2D eigenvalue weighted by Crippen LogP contribution is -2.39. The molecule has 1 amide bonds. The first-order valence-electron chi connectivity index (χ1n) is 5.62. The summed E-state index contributed by atoms with van der Waals surface area (Å²) in [6.45, 7) is 1.000. The Morgan fingerprint density at radius 2 is 2.20 bits per heavy atom. The molecule has 0 spiro atoms. The summed E-state index contributed by atoms with van der Waals surface area (Å²) < 4.78 is 31.4. The van der Waals surface area contributed by atoms with Gasteiger partial charge in [0.25, 0.3) is 5.91 Å². The van der Waals surface area contributed by atoms with E-state index in [-0.39, 0.29) is 22.9 Å². The molecule has 1 aliphatic heterocycles.